The van der Waals surface area contributed by atoms with E-state index in [1.165, 1.54) is 0 Å². The third-order valence-corrected chi connectivity index (χ3v) is 3.82. The van der Waals surface area contributed by atoms with Gasteiger partial charge in [-0.05, 0) is 43.9 Å². The fourth-order valence-corrected chi connectivity index (χ4v) is 2.26. The average Bonchev–Trinajstić information content (AvgIpc) is 3.13. The summed E-state index contributed by atoms with van der Waals surface area (Å²) in [4.78, 5) is 12.2. The van der Waals surface area contributed by atoms with Crippen molar-refractivity contribution in [2.45, 2.75) is 25.3 Å². The molecule has 1 aromatic rings. The Kier molecular flexibility index (Phi) is 3.64. The predicted octanol–water partition coefficient (Wildman–Crippen LogP) is 2.52. The van der Waals surface area contributed by atoms with Gasteiger partial charge in [-0.1, -0.05) is 15.9 Å². The fourth-order valence-electron chi connectivity index (χ4n) is 1.90. The molecule has 18 heavy (non-hydrogen) atoms. The standard InChI is InChI=1S/C13H17BrN2O2/c1-13(15,8-3-4-8)12(17)16-10-7-9(14)5-6-11(10)18-2/h5-8H,3-4,15H2,1-2H3,(H,16,17). The molecule has 0 radical (unpaired) electrons. The third kappa shape index (κ3) is 2.67. The van der Waals surface area contributed by atoms with Gasteiger partial charge in [0.25, 0.3) is 0 Å². The lowest BCUT2D eigenvalue weighted by molar-refractivity contribution is -0.121. The molecule has 3 N–H and O–H groups in total. The summed E-state index contributed by atoms with van der Waals surface area (Å²) in [7, 11) is 1.57. The number of rotatable bonds is 4. The number of nitrogens with two attached hydrogens (primary N) is 1. The lowest BCUT2D eigenvalue weighted by atomic mass is 9.96. The highest BCUT2D eigenvalue weighted by atomic mass is 79.9. The van der Waals surface area contributed by atoms with E-state index in [1.54, 1.807) is 26.2 Å². The van der Waals surface area contributed by atoms with Gasteiger partial charge in [-0.25, -0.2) is 0 Å². The summed E-state index contributed by atoms with van der Waals surface area (Å²) in [5, 5.41) is 2.84. The highest BCUT2D eigenvalue weighted by Gasteiger charge is 2.44. The Morgan fingerprint density at radius 2 is 2.22 bits per heavy atom. The van der Waals surface area contributed by atoms with E-state index >= 15 is 0 Å². The number of halogens is 1. The molecule has 0 spiro atoms. The fraction of sp³-hybridized carbons (Fsp3) is 0.462. The summed E-state index contributed by atoms with van der Waals surface area (Å²) >= 11 is 3.37. The maximum Gasteiger partial charge on any atom is 0.244 e. The molecule has 0 bridgehead atoms. The van der Waals surface area contributed by atoms with Crippen LogP contribution < -0.4 is 15.8 Å². The van der Waals surface area contributed by atoms with Crippen molar-refractivity contribution >= 4 is 27.5 Å². The molecule has 1 aliphatic carbocycles. The Bertz CT molecular complexity index is 470. The molecular formula is C13H17BrN2O2. The van der Waals surface area contributed by atoms with Crippen LogP contribution in [0, 0.1) is 5.92 Å². The second-order valence-electron chi connectivity index (χ2n) is 4.86. The van der Waals surface area contributed by atoms with Gasteiger partial charge in [0.05, 0.1) is 18.3 Å². The number of amides is 1. The van der Waals surface area contributed by atoms with E-state index in [2.05, 4.69) is 21.2 Å². The van der Waals surface area contributed by atoms with Gasteiger partial charge in [-0.3, -0.25) is 4.79 Å². The normalized spacial score (nSPS) is 18.0. The molecule has 1 atom stereocenters. The van der Waals surface area contributed by atoms with Crippen molar-refractivity contribution in [2.75, 3.05) is 12.4 Å². The smallest absolute Gasteiger partial charge is 0.244 e. The van der Waals surface area contributed by atoms with Gasteiger partial charge in [0, 0.05) is 4.47 Å². The molecule has 0 aliphatic heterocycles. The molecule has 5 heteroatoms. The van der Waals surface area contributed by atoms with Crippen LogP contribution in [0.25, 0.3) is 0 Å². The van der Waals surface area contributed by atoms with Crippen LogP contribution in [0.3, 0.4) is 0 Å². The van der Waals surface area contributed by atoms with E-state index in [0.29, 0.717) is 11.4 Å². The monoisotopic (exact) mass is 312 g/mol. The highest BCUT2D eigenvalue weighted by Crippen LogP contribution is 2.39. The second kappa shape index (κ2) is 4.90. The summed E-state index contributed by atoms with van der Waals surface area (Å²) in [6, 6.07) is 5.46. The van der Waals surface area contributed by atoms with Crippen LogP contribution in [0.4, 0.5) is 5.69 Å². The SMILES string of the molecule is COc1ccc(Br)cc1NC(=O)C(C)(N)C1CC1. The quantitative estimate of drug-likeness (QED) is 0.898. The van der Waals surface area contributed by atoms with Crippen LogP contribution in [-0.2, 0) is 4.79 Å². The van der Waals surface area contributed by atoms with E-state index in [9.17, 15) is 4.79 Å². The topological polar surface area (TPSA) is 64.3 Å². The summed E-state index contributed by atoms with van der Waals surface area (Å²) in [6.45, 7) is 1.78. The minimum absolute atomic E-state index is 0.165. The van der Waals surface area contributed by atoms with E-state index in [-0.39, 0.29) is 11.8 Å². The maximum absolute atomic E-state index is 12.2. The van der Waals surface area contributed by atoms with Gasteiger partial charge < -0.3 is 15.8 Å². The minimum atomic E-state index is -0.812. The number of anilines is 1. The zero-order chi connectivity index (χ0) is 13.3. The molecule has 1 fully saturated rings. The lowest BCUT2D eigenvalue weighted by Gasteiger charge is -2.23. The van der Waals surface area contributed by atoms with Gasteiger partial charge in [0.15, 0.2) is 0 Å². The number of benzene rings is 1. The number of methoxy groups -OCH3 is 1. The van der Waals surface area contributed by atoms with Gasteiger partial charge >= 0.3 is 0 Å². The van der Waals surface area contributed by atoms with Gasteiger partial charge in [-0.2, -0.15) is 0 Å². The molecule has 0 saturated heterocycles. The molecule has 1 unspecified atom stereocenters. The predicted molar refractivity (Wildman–Crippen MR) is 74.6 cm³/mol. The van der Waals surface area contributed by atoms with Gasteiger partial charge in [0.2, 0.25) is 5.91 Å². The Balaban J connectivity index is 2.18. The average molecular weight is 313 g/mol. The Labute approximate surface area is 115 Å². The number of hydrogen-bond donors (Lipinski definition) is 2. The van der Waals surface area contributed by atoms with E-state index in [0.717, 1.165) is 17.3 Å². The van der Waals surface area contributed by atoms with Crippen LogP contribution >= 0.6 is 15.9 Å². The zero-order valence-electron chi connectivity index (χ0n) is 10.5. The molecular weight excluding hydrogens is 296 g/mol. The number of hydrogen-bond acceptors (Lipinski definition) is 3. The largest absolute Gasteiger partial charge is 0.495 e. The van der Waals surface area contributed by atoms with Crippen molar-refractivity contribution in [3.05, 3.63) is 22.7 Å². The molecule has 98 valence electrons. The molecule has 1 saturated carbocycles. The first-order chi connectivity index (χ1) is 8.45. The first-order valence-corrected chi connectivity index (χ1v) is 6.68. The molecule has 4 nitrogen and oxygen atoms in total. The molecule has 1 amide bonds. The van der Waals surface area contributed by atoms with Crippen molar-refractivity contribution in [2.24, 2.45) is 11.7 Å². The summed E-state index contributed by atoms with van der Waals surface area (Å²) in [5.41, 5.74) is 5.90. The van der Waals surface area contributed by atoms with E-state index in [1.807, 2.05) is 6.07 Å². The molecule has 0 aromatic heterocycles. The van der Waals surface area contributed by atoms with Crippen molar-refractivity contribution < 1.29 is 9.53 Å². The summed E-state index contributed by atoms with van der Waals surface area (Å²) in [5.74, 6) is 0.746. The lowest BCUT2D eigenvalue weighted by Crippen LogP contribution is -2.50. The molecule has 0 heterocycles. The first kappa shape index (κ1) is 13.4. The second-order valence-corrected chi connectivity index (χ2v) is 5.77. The zero-order valence-corrected chi connectivity index (χ0v) is 12.1. The number of carbonyl (C=O) groups excluding carboxylic acids is 1. The molecule has 1 aromatic carbocycles. The summed E-state index contributed by atoms with van der Waals surface area (Å²) in [6.07, 6.45) is 2.05. The Morgan fingerprint density at radius 3 is 2.78 bits per heavy atom. The van der Waals surface area contributed by atoms with E-state index < -0.39 is 5.54 Å². The molecule has 2 rings (SSSR count). The minimum Gasteiger partial charge on any atom is -0.495 e. The first-order valence-electron chi connectivity index (χ1n) is 5.89. The van der Waals surface area contributed by atoms with Crippen molar-refractivity contribution in [1.82, 2.24) is 0 Å². The summed E-state index contributed by atoms with van der Waals surface area (Å²) < 4.78 is 6.09. The maximum atomic E-state index is 12.2. The van der Waals surface area contributed by atoms with Crippen LogP contribution in [0.1, 0.15) is 19.8 Å². The Hall–Kier alpha value is -1.07. The van der Waals surface area contributed by atoms with E-state index in [4.69, 9.17) is 10.5 Å². The Morgan fingerprint density at radius 1 is 1.56 bits per heavy atom. The van der Waals surface area contributed by atoms with Crippen LogP contribution in [-0.4, -0.2) is 18.6 Å². The third-order valence-electron chi connectivity index (χ3n) is 3.32. The number of nitrogens with one attached hydrogen (secondary N) is 1. The van der Waals surface area contributed by atoms with Crippen LogP contribution in [0.15, 0.2) is 22.7 Å². The van der Waals surface area contributed by atoms with Crippen molar-refractivity contribution in [3.63, 3.8) is 0 Å². The van der Waals surface area contributed by atoms with Gasteiger partial charge in [-0.15, -0.1) is 0 Å². The highest BCUT2D eigenvalue weighted by molar-refractivity contribution is 9.10. The number of carbonyl (C=O) groups is 1. The van der Waals surface area contributed by atoms with Crippen molar-refractivity contribution in [3.8, 4) is 5.75 Å². The van der Waals surface area contributed by atoms with Gasteiger partial charge in [0.1, 0.15) is 5.75 Å². The van der Waals surface area contributed by atoms with Crippen LogP contribution in [0.2, 0.25) is 0 Å². The van der Waals surface area contributed by atoms with Crippen molar-refractivity contribution in [1.29, 1.82) is 0 Å². The molecule has 1 aliphatic rings. The number of ether oxygens (including phenoxy) is 1. The van der Waals surface area contributed by atoms with Crippen LogP contribution in [0.5, 0.6) is 5.75 Å².